The van der Waals surface area contributed by atoms with Gasteiger partial charge in [0.05, 0.1) is 6.10 Å². The zero-order valence-corrected chi connectivity index (χ0v) is 10.7. The largest absolute Gasteiger partial charge is 0.388 e. The minimum Gasteiger partial charge on any atom is -0.388 e. The van der Waals surface area contributed by atoms with Gasteiger partial charge in [0.15, 0.2) is 0 Å². The molecule has 1 N–H and O–H groups in total. The number of aliphatic hydroxyl groups is 1. The van der Waals surface area contributed by atoms with E-state index >= 15 is 0 Å². The number of nitrogens with zero attached hydrogens (tertiary/aromatic N) is 1. The van der Waals surface area contributed by atoms with E-state index in [0.29, 0.717) is 10.6 Å². The lowest BCUT2D eigenvalue weighted by atomic mass is 9.99. The van der Waals surface area contributed by atoms with Crippen LogP contribution in [0.4, 0.5) is 4.39 Å². The van der Waals surface area contributed by atoms with E-state index in [9.17, 15) is 9.50 Å². The lowest BCUT2D eigenvalue weighted by Gasteiger charge is -2.13. The van der Waals surface area contributed by atoms with Gasteiger partial charge in [-0.05, 0) is 41.8 Å². The molecule has 1 unspecified atom stereocenters. The molecule has 1 aromatic carbocycles. The fourth-order valence-electron chi connectivity index (χ4n) is 1.86. The number of hydrogen-bond acceptors (Lipinski definition) is 2. The van der Waals surface area contributed by atoms with Crippen LogP contribution >= 0.6 is 11.6 Å². The van der Waals surface area contributed by atoms with E-state index in [2.05, 4.69) is 4.98 Å². The third kappa shape index (κ3) is 2.86. The minimum absolute atomic E-state index is 0.216. The second kappa shape index (κ2) is 5.46. The quantitative estimate of drug-likeness (QED) is 0.922. The lowest BCUT2D eigenvalue weighted by molar-refractivity contribution is 0.176. The Morgan fingerprint density at radius 3 is 2.83 bits per heavy atom. The molecule has 1 atom stereocenters. The summed E-state index contributed by atoms with van der Waals surface area (Å²) in [5.74, 6) is -0.395. The maximum atomic E-state index is 13.6. The van der Waals surface area contributed by atoms with Crippen LogP contribution in [0.5, 0.6) is 0 Å². The maximum absolute atomic E-state index is 13.6. The summed E-state index contributed by atoms with van der Waals surface area (Å²) in [6, 6.07) is 6.21. The first-order chi connectivity index (χ1) is 8.58. The Morgan fingerprint density at radius 2 is 2.17 bits per heavy atom. The van der Waals surface area contributed by atoms with Crippen LogP contribution in [0.25, 0.3) is 0 Å². The summed E-state index contributed by atoms with van der Waals surface area (Å²) in [5, 5.41) is 10.5. The molecule has 0 saturated carbocycles. The molecule has 0 aliphatic carbocycles. The summed E-state index contributed by atoms with van der Waals surface area (Å²) < 4.78 is 13.6. The van der Waals surface area contributed by atoms with Crippen LogP contribution in [-0.4, -0.2) is 10.1 Å². The highest BCUT2D eigenvalue weighted by atomic mass is 35.5. The fraction of sp³-hybridized carbons (Fsp3) is 0.214. The third-order valence-electron chi connectivity index (χ3n) is 2.85. The molecule has 0 aliphatic heterocycles. The Labute approximate surface area is 110 Å². The average molecular weight is 266 g/mol. The predicted molar refractivity (Wildman–Crippen MR) is 69.0 cm³/mol. The summed E-state index contributed by atoms with van der Waals surface area (Å²) in [7, 11) is 0. The van der Waals surface area contributed by atoms with Gasteiger partial charge in [0.25, 0.3) is 0 Å². The van der Waals surface area contributed by atoms with Crippen molar-refractivity contribution in [2.45, 2.75) is 19.4 Å². The summed E-state index contributed by atoms with van der Waals surface area (Å²) in [4.78, 5) is 3.96. The smallest absolute Gasteiger partial charge is 0.127 e. The zero-order valence-electron chi connectivity index (χ0n) is 9.90. The third-order valence-corrected chi connectivity index (χ3v) is 3.09. The molecule has 4 heteroatoms. The Kier molecular flexibility index (Phi) is 3.94. The normalized spacial score (nSPS) is 12.4. The van der Waals surface area contributed by atoms with Gasteiger partial charge in [0.1, 0.15) is 5.82 Å². The highest BCUT2D eigenvalue weighted by Gasteiger charge is 2.13. The van der Waals surface area contributed by atoms with Crippen LogP contribution in [0, 0.1) is 12.7 Å². The number of aromatic nitrogens is 1. The Balaban J connectivity index is 2.21. The fourth-order valence-corrected chi connectivity index (χ4v) is 2.02. The SMILES string of the molecule is Cc1cnccc1C(O)Cc1ccc(Cl)cc1F. The molecule has 1 aromatic heterocycles. The van der Waals surface area contributed by atoms with Crippen LogP contribution in [0.2, 0.25) is 5.02 Å². The molecule has 0 saturated heterocycles. The van der Waals surface area contributed by atoms with Crippen molar-refractivity contribution in [3.8, 4) is 0 Å². The number of aliphatic hydroxyl groups excluding tert-OH is 1. The topological polar surface area (TPSA) is 33.1 Å². The van der Waals surface area contributed by atoms with Crippen LogP contribution < -0.4 is 0 Å². The van der Waals surface area contributed by atoms with Crippen molar-refractivity contribution in [3.05, 3.63) is 64.2 Å². The van der Waals surface area contributed by atoms with Crippen molar-refractivity contribution < 1.29 is 9.50 Å². The van der Waals surface area contributed by atoms with Gasteiger partial charge in [-0.3, -0.25) is 4.98 Å². The number of rotatable bonds is 3. The molecule has 0 amide bonds. The predicted octanol–water partition coefficient (Wildman–Crippen LogP) is 3.46. The number of aryl methyl sites for hydroxylation is 1. The first-order valence-electron chi connectivity index (χ1n) is 5.60. The molecule has 0 aliphatic rings. The summed E-state index contributed by atoms with van der Waals surface area (Å²) in [6.07, 6.45) is 2.76. The second-order valence-electron chi connectivity index (χ2n) is 4.19. The van der Waals surface area contributed by atoms with E-state index < -0.39 is 11.9 Å². The van der Waals surface area contributed by atoms with Crippen LogP contribution in [-0.2, 0) is 6.42 Å². The van der Waals surface area contributed by atoms with Gasteiger partial charge in [-0.2, -0.15) is 0 Å². The molecule has 94 valence electrons. The number of pyridine rings is 1. The molecule has 0 fully saturated rings. The Bertz CT molecular complexity index is 559. The van der Waals surface area contributed by atoms with Crippen molar-refractivity contribution >= 4 is 11.6 Å². The number of hydrogen-bond donors (Lipinski definition) is 1. The molecule has 0 spiro atoms. The van der Waals surface area contributed by atoms with E-state index in [0.717, 1.165) is 11.1 Å². The van der Waals surface area contributed by atoms with E-state index in [4.69, 9.17) is 11.6 Å². The average Bonchev–Trinajstić information content (AvgIpc) is 2.33. The van der Waals surface area contributed by atoms with Crippen LogP contribution in [0.1, 0.15) is 22.8 Å². The van der Waals surface area contributed by atoms with Crippen molar-refractivity contribution in [2.75, 3.05) is 0 Å². The molecule has 0 radical (unpaired) electrons. The van der Waals surface area contributed by atoms with Crippen molar-refractivity contribution in [3.63, 3.8) is 0 Å². The molecule has 2 nitrogen and oxygen atoms in total. The highest BCUT2D eigenvalue weighted by molar-refractivity contribution is 6.30. The van der Waals surface area contributed by atoms with Gasteiger partial charge in [-0.15, -0.1) is 0 Å². The van der Waals surface area contributed by atoms with Crippen molar-refractivity contribution in [1.29, 1.82) is 0 Å². The van der Waals surface area contributed by atoms with Crippen LogP contribution in [0.15, 0.2) is 36.7 Å². The maximum Gasteiger partial charge on any atom is 0.127 e. The van der Waals surface area contributed by atoms with Crippen molar-refractivity contribution in [1.82, 2.24) is 4.98 Å². The van der Waals surface area contributed by atoms with E-state index in [1.807, 2.05) is 6.92 Å². The molecule has 0 bridgehead atoms. The van der Waals surface area contributed by atoms with Gasteiger partial charge < -0.3 is 5.11 Å². The Hall–Kier alpha value is -1.45. The van der Waals surface area contributed by atoms with Gasteiger partial charge in [0.2, 0.25) is 0 Å². The summed E-state index contributed by atoms with van der Waals surface area (Å²) in [5.41, 5.74) is 2.10. The molecular formula is C14H13ClFNO. The molecule has 1 heterocycles. The van der Waals surface area contributed by atoms with Gasteiger partial charge >= 0.3 is 0 Å². The first kappa shape index (κ1) is 13.0. The zero-order chi connectivity index (χ0) is 13.1. The number of benzene rings is 1. The second-order valence-corrected chi connectivity index (χ2v) is 4.62. The van der Waals surface area contributed by atoms with Gasteiger partial charge in [-0.25, -0.2) is 4.39 Å². The molecular weight excluding hydrogens is 253 g/mol. The van der Waals surface area contributed by atoms with Crippen molar-refractivity contribution in [2.24, 2.45) is 0 Å². The standard InChI is InChI=1S/C14H13ClFNO/c1-9-8-17-5-4-12(9)14(18)6-10-2-3-11(15)7-13(10)16/h2-5,7-8,14,18H,6H2,1H3. The van der Waals surface area contributed by atoms with Crippen LogP contribution in [0.3, 0.4) is 0 Å². The summed E-state index contributed by atoms with van der Waals surface area (Å²) >= 11 is 5.68. The number of halogens is 2. The molecule has 18 heavy (non-hydrogen) atoms. The summed E-state index contributed by atoms with van der Waals surface area (Å²) in [6.45, 7) is 1.86. The van der Waals surface area contributed by atoms with E-state index in [-0.39, 0.29) is 6.42 Å². The van der Waals surface area contributed by atoms with E-state index in [1.54, 1.807) is 30.6 Å². The van der Waals surface area contributed by atoms with Gasteiger partial charge in [0, 0.05) is 23.8 Å². The lowest BCUT2D eigenvalue weighted by Crippen LogP contribution is -2.05. The Morgan fingerprint density at radius 1 is 1.39 bits per heavy atom. The minimum atomic E-state index is -0.747. The monoisotopic (exact) mass is 265 g/mol. The molecule has 2 aromatic rings. The van der Waals surface area contributed by atoms with E-state index in [1.165, 1.54) is 6.07 Å². The first-order valence-corrected chi connectivity index (χ1v) is 5.98. The highest BCUT2D eigenvalue weighted by Crippen LogP contribution is 2.23. The van der Waals surface area contributed by atoms with Gasteiger partial charge in [-0.1, -0.05) is 17.7 Å². The molecule has 2 rings (SSSR count).